The van der Waals surface area contributed by atoms with E-state index in [-0.39, 0.29) is 0 Å². The number of hydrogen-bond acceptors (Lipinski definition) is 2. The maximum Gasteiger partial charge on any atom is 0.0935 e. The summed E-state index contributed by atoms with van der Waals surface area (Å²) in [6.07, 6.45) is 0.309. The third kappa shape index (κ3) is 1.14. The maximum absolute atomic E-state index is 5.80. The Morgan fingerprint density at radius 3 is 2.82 bits per heavy atom. The van der Waals surface area contributed by atoms with Crippen molar-refractivity contribution >= 4 is 23.0 Å². The van der Waals surface area contributed by atoms with E-state index in [0.717, 1.165) is 16.4 Å². The summed E-state index contributed by atoms with van der Waals surface area (Å²) >= 11 is 5.80. The Labute approximate surface area is 70.6 Å². The van der Waals surface area contributed by atoms with Crippen LogP contribution in [0.4, 0.5) is 11.4 Å². The smallest absolute Gasteiger partial charge is 0.0935 e. The summed E-state index contributed by atoms with van der Waals surface area (Å²) in [6.45, 7) is 2.06. The lowest BCUT2D eigenvalue weighted by molar-refractivity contribution is 0.956. The van der Waals surface area contributed by atoms with Gasteiger partial charge in [0.05, 0.1) is 17.5 Å². The van der Waals surface area contributed by atoms with Crippen molar-refractivity contribution in [3.63, 3.8) is 0 Å². The highest BCUT2D eigenvalue weighted by Crippen LogP contribution is 2.30. The Hall–Kier alpha value is -0.890. The Balaban J connectivity index is 2.43. The second-order valence-corrected chi connectivity index (χ2v) is 3.14. The van der Waals surface area contributed by atoms with Crippen LogP contribution >= 0.6 is 11.6 Å². The van der Waals surface area contributed by atoms with Gasteiger partial charge in [0.1, 0.15) is 0 Å². The molecule has 11 heavy (non-hydrogen) atoms. The fourth-order valence-corrected chi connectivity index (χ4v) is 1.44. The molecule has 2 N–H and O–H groups in total. The molecule has 0 radical (unpaired) electrons. The summed E-state index contributed by atoms with van der Waals surface area (Å²) in [4.78, 5) is 0. The normalized spacial score (nSPS) is 20.4. The van der Waals surface area contributed by atoms with E-state index < -0.39 is 0 Å². The van der Waals surface area contributed by atoms with E-state index in [1.807, 2.05) is 18.2 Å². The molecule has 0 saturated heterocycles. The van der Waals surface area contributed by atoms with Gasteiger partial charge in [0.15, 0.2) is 0 Å². The molecule has 1 aromatic rings. The van der Waals surface area contributed by atoms with Gasteiger partial charge in [-0.25, -0.2) is 0 Å². The quantitative estimate of drug-likeness (QED) is 0.622. The van der Waals surface area contributed by atoms with Crippen LogP contribution in [0.3, 0.4) is 0 Å². The summed E-state index contributed by atoms with van der Waals surface area (Å²) < 4.78 is 0. The van der Waals surface area contributed by atoms with Crippen LogP contribution in [0.25, 0.3) is 0 Å². The van der Waals surface area contributed by atoms with Gasteiger partial charge >= 0.3 is 0 Å². The Morgan fingerprint density at radius 2 is 2.00 bits per heavy atom. The van der Waals surface area contributed by atoms with E-state index in [2.05, 4.69) is 17.6 Å². The van der Waals surface area contributed by atoms with Crippen molar-refractivity contribution in [1.29, 1.82) is 0 Å². The molecule has 2 nitrogen and oxygen atoms in total. The first-order chi connectivity index (χ1) is 5.25. The van der Waals surface area contributed by atoms with E-state index in [0.29, 0.717) is 6.17 Å². The third-order valence-corrected chi connectivity index (χ3v) is 1.96. The first-order valence-electron chi connectivity index (χ1n) is 3.58. The average molecular weight is 169 g/mol. The average Bonchev–Trinajstić information content (AvgIpc) is 2.27. The van der Waals surface area contributed by atoms with E-state index in [4.69, 9.17) is 11.6 Å². The Kier molecular flexibility index (Phi) is 1.43. The predicted molar refractivity (Wildman–Crippen MR) is 48.2 cm³/mol. The number of anilines is 2. The van der Waals surface area contributed by atoms with E-state index in [9.17, 15) is 0 Å². The highest BCUT2D eigenvalue weighted by molar-refractivity contribution is 6.31. The first kappa shape index (κ1) is 6.80. The molecule has 0 aromatic heterocycles. The standard InChI is InChI=1S/C8H9ClN2/c1-5-10-7-3-2-6(9)4-8(7)11-5/h2-5,10-11H,1H3/t5-/m1/s1. The van der Waals surface area contributed by atoms with Crippen LogP contribution in [-0.4, -0.2) is 6.17 Å². The number of rotatable bonds is 0. The van der Waals surface area contributed by atoms with Gasteiger partial charge in [-0.15, -0.1) is 0 Å². The summed E-state index contributed by atoms with van der Waals surface area (Å²) in [5, 5.41) is 7.27. The molecule has 1 atom stereocenters. The number of halogens is 1. The zero-order valence-electron chi connectivity index (χ0n) is 6.19. The van der Waals surface area contributed by atoms with Gasteiger partial charge in [-0.1, -0.05) is 11.6 Å². The SMILES string of the molecule is C[C@@H]1Nc2ccc(Cl)cc2N1. The largest absolute Gasteiger partial charge is 0.364 e. The van der Waals surface area contributed by atoms with Gasteiger partial charge in [0.25, 0.3) is 0 Å². The zero-order valence-corrected chi connectivity index (χ0v) is 6.94. The van der Waals surface area contributed by atoms with Crippen molar-refractivity contribution < 1.29 is 0 Å². The lowest BCUT2D eigenvalue weighted by Crippen LogP contribution is -2.16. The molecule has 3 heteroatoms. The molecule has 0 bridgehead atoms. The van der Waals surface area contributed by atoms with Crippen LogP contribution in [0.15, 0.2) is 18.2 Å². The minimum Gasteiger partial charge on any atom is -0.364 e. The maximum atomic E-state index is 5.80. The molecule has 58 valence electrons. The number of nitrogens with one attached hydrogen (secondary N) is 2. The number of hydrogen-bond donors (Lipinski definition) is 2. The summed E-state index contributed by atoms with van der Waals surface area (Å²) in [5.41, 5.74) is 2.21. The molecule has 0 fully saturated rings. The lowest BCUT2D eigenvalue weighted by atomic mass is 10.3. The second-order valence-electron chi connectivity index (χ2n) is 2.70. The minimum absolute atomic E-state index is 0.309. The lowest BCUT2D eigenvalue weighted by Gasteiger charge is -2.01. The molecular formula is C8H9ClN2. The fraction of sp³-hybridized carbons (Fsp3) is 0.250. The Bertz CT molecular complexity index is 285. The van der Waals surface area contributed by atoms with Crippen molar-refractivity contribution in [2.75, 3.05) is 10.6 Å². The van der Waals surface area contributed by atoms with Crippen LogP contribution < -0.4 is 10.6 Å². The van der Waals surface area contributed by atoms with Gasteiger partial charge in [0.2, 0.25) is 0 Å². The van der Waals surface area contributed by atoms with Gasteiger partial charge in [-0.2, -0.15) is 0 Å². The van der Waals surface area contributed by atoms with Crippen LogP contribution in [0.2, 0.25) is 5.02 Å². The van der Waals surface area contributed by atoms with Gasteiger partial charge in [-0.3, -0.25) is 0 Å². The number of benzene rings is 1. The highest BCUT2D eigenvalue weighted by atomic mass is 35.5. The molecule has 0 spiro atoms. The van der Waals surface area contributed by atoms with Crippen molar-refractivity contribution in [2.45, 2.75) is 13.1 Å². The van der Waals surface area contributed by atoms with Gasteiger partial charge < -0.3 is 10.6 Å². The fourth-order valence-electron chi connectivity index (χ4n) is 1.26. The van der Waals surface area contributed by atoms with Crippen molar-refractivity contribution in [3.05, 3.63) is 23.2 Å². The van der Waals surface area contributed by atoms with Crippen molar-refractivity contribution in [2.24, 2.45) is 0 Å². The van der Waals surface area contributed by atoms with Crippen LogP contribution in [-0.2, 0) is 0 Å². The van der Waals surface area contributed by atoms with E-state index in [1.54, 1.807) is 0 Å². The molecule has 0 aliphatic carbocycles. The van der Waals surface area contributed by atoms with Crippen LogP contribution in [0.1, 0.15) is 6.92 Å². The van der Waals surface area contributed by atoms with E-state index >= 15 is 0 Å². The molecule has 1 aliphatic heterocycles. The minimum atomic E-state index is 0.309. The number of fused-ring (bicyclic) bond motifs is 1. The van der Waals surface area contributed by atoms with Gasteiger partial charge in [0, 0.05) is 5.02 Å². The Morgan fingerprint density at radius 1 is 1.27 bits per heavy atom. The molecule has 1 aromatic carbocycles. The van der Waals surface area contributed by atoms with E-state index in [1.165, 1.54) is 0 Å². The summed E-state index contributed by atoms with van der Waals surface area (Å²) in [7, 11) is 0. The summed E-state index contributed by atoms with van der Waals surface area (Å²) in [5.74, 6) is 0. The predicted octanol–water partition coefficient (Wildman–Crippen LogP) is 2.52. The molecule has 2 rings (SSSR count). The highest BCUT2D eigenvalue weighted by Gasteiger charge is 2.14. The topological polar surface area (TPSA) is 24.1 Å². The third-order valence-electron chi connectivity index (χ3n) is 1.73. The molecule has 1 aliphatic rings. The van der Waals surface area contributed by atoms with Crippen molar-refractivity contribution in [3.8, 4) is 0 Å². The molecule has 0 unspecified atom stereocenters. The molecule has 1 heterocycles. The monoisotopic (exact) mass is 168 g/mol. The van der Waals surface area contributed by atoms with Crippen LogP contribution in [0, 0.1) is 0 Å². The van der Waals surface area contributed by atoms with Crippen LogP contribution in [0.5, 0.6) is 0 Å². The van der Waals surface area contributed by atoms with Gasteiger partial charge in [-0.05, 0) is 25.1 Å². The van der Waals surface area contributed by atoms with Crippen molar-refractivity contribution in [1.82, 2.24) is 0 Å². The summed E-state index contributed by atoms with van der Waals surface area (Å²) in [6, 6.07) is 5.79. The first-order valence-corrected chi connectivity index (χ1v) is 3.96. The zero-order chi connectivity index (χ0) is 7.84. The molecule has 0 amide bonds. The second kappa shape index (κ2) is 2.31. The molecule has 0 saturated carbocycles. The molecular weight excluding hydrogens is 160 g/mol.